The molecule has 38 heavy (non-hydrogen) atoms. The van der Waals surface area contributed by atoms with Crippen molar-refractivity contribution in [3.05, 3.63) is 47.5 Å². The Balaban J connectivity index is 2.27. The van der Waals surface area contributed by atoms with Crippen LogP contribution in [-0.2, 0) is 19.2 Å². The zero-order valence-corrected chi connectivity index (χ0v) is 21.6. The molecule has 2 unspecified atom stereocenters. The zero-order valence-electron chi connectivity index (χ0n) is 21.6. The topological polar surface area (TPSA) is 174 Å². The van der Waals surface area contributed by atoms with Crippen molar-refractivity contribution in [2.24, 2.45) is 0 Å². The average Bonchev–Trinajstić information content (AvgIpc) is 2.83. The Morgan fingerprint density at radius 3 is 1.32 bits per heavy atom. The number of carboxylic acids is 4. The molecule has 4 N–H and O–H groups in total. The molecule has 0 saturated carbocycles. The molecule has 0 aliphatic rings. The number of ether oxygens (including phenoxy) is 2. The second-order valence-corrected chi connectivity index (χ2v) is 8.71. The van der Waals surface area contributed by atoms with Crippen LogP contribution in [0.4, 0.5) is 11.4 Å². The fraction of sp³-hybridized carbons (Fsp3) is 0.385. The number of carbonyl (C=O) groups is 4. The van der Waals surface area contributed by atoms with E-state index in [4.69, 9.17) is 9.47 Å². The summed E-state index contributed by atoms with van der Waals surface area (Å²) in [5, 5.41) is 37.5. The van der Waals surface area contributed by atoms with Gasteiger partial charge in [-0.3, -0.25) is 9.59 Å². The third-order valence-electron chi connectivity index (χ3n) is 5.71. The molecule has 0 saturated heterocycles. The highest BCUT2D eigenvalue weighted by Gasteiger charge is 2.27. The van der Waals surface area contributed by atoms with Gasteiger partial charge in [0.05, 0.1) is 11.4 Å². The minimum Gasteiger partial charge on any atom is -0.488 e. The summed E-state index contributed by atoms with van der Waals surface area (Å²) in [4.78, 5) is 48.4. The Bertz CT molecular complexity index is 1090. The zero-order chi connectivity index (χ0) is 28.6. The van der Waals surface area contributed by atoms with E-state index in [2.05, 4.69) is 0 Å². The van der Waals surface area contributed by atoms with Gasteiger partial charge in [-0.15, -0.1) is 0 Å². The Morgan fingerprint density at radius 2 is 1.03 bits per heavy atom. The number of hydrogen-bond donors (Lipinski definition) is 4. The number of hydrogen-bond acceptors (Lipinski definition) is 8. The molecule has 2 atom stereocenters. The van der Waals surface area contributed by atoms with Gasteiger partial charge in [-0.25, -0.2) is 9.59 Å². The van der Waals surface area contributed by atoms with Crippen molar-refractivity contribution in [2.75, 3.05) is 36.1 Å². The molecule has 12 nitrogen and oxygen atoms in total. The van der Waals surface area contributed by atoms with Crippen molar-refractivity contribution in [2.45, 2.75) is 39.8 Å². The summed E-state index contributed by atoms with van der Waals surface area (Å²) < 4.78 is 11.7. The molecule has 0 bridgehead atoms. The summed E-state index contributed by atoms with van der Waals surface area (Å²) in [6.07, 6.45) is 0. The van der Waals surface area contributed by atoms with Gasteiger partial charge < -0.3 is 39.7 Å². The Morgan fingerprint density at radius 1 is 0.684 bits per heavy atom. The van der Waals surface area contributed by atoms with Crippen molar-refractivity contribution in [1.82, 2.24) is 0 Å². The number of benzene rings is 2. The van der Waals surface area contributed by atoms with E-state index in [1.807, 2.05) is 0 Å². The molecule has 12 heteroatoms. The van der Waals surface area contributed by atoms with Gasteiger partial charge in [-0.05, 0) is 63.1 Å². The largest absolute Gasteiger partial charge is 0.488 e. The van der Waals surface area contributed by atoms with E-state index < -0.39 is 49.1 Å². The molecule has 0 heterocycles. The Kier molecular flexibility index (Phi) is 10.3. The fourth-order valence-corrected chi connectivity index (χ4v) is 3.67. The molecule has 2 aromatic rings. The van der Waals surface area contributed by atoms with E-state index >= 15 is 0 Å². The van der Waals surface area contributed by atoms with Gasteiger partial charge in [0.15, 0.2) is 0 Å². The molecule has 0 spiro atoms. The first kappa shape index (κ1) is 29.7. The Labute approximate surface area is 219 Å². The number of rotatable bonds is 15. The predicted molar refractivity (Wildman–Crippen MR) is 138 cm³/mol. The number of aliphatic carboxylic acids is 4. The fourth-order valence-electron chi connectivity index (χ4n) is 3.67. The lowest BCUT2D eigenvalue weighted by molar-refractivity contribution is -0.140. The average molecular weight is 533 g/mol. The predicted octanol–water partition coefficient (Wildman–Crippen LogP) is 2.49. The first-order valence-corrected chi connectivity index (χ1v) is 11.7. The highest BCUT2D eigenvalue weighted by atomic mass is 16.5. The number of anilines is 2. The van der Waals surface area contributed by atoms with Gasteiger partial charge in [-0.2, -0.15) is 0 Å². The molecule has 0 aliphatic heterocycles. The second kappa shape index (κ2) is 13.2. The summed E-state index contributed by atoms with van der Waals surface area (Å²) in [6, 6.07) is 7.62. The van der Waals surface area contributed by atoms with E-state index in [0.29, 0.717) is 0 Å². The Hall–Kier alpha value is -4.48. The molecule has 206 valence electrons. The number of aryl methyl sites for hydroxylation is 2. The quantitative estimate of drug-likeness (QED) is 0.247. The van der Waals surface area contributed by atoms with Gasteiger partial charge in [0.2, 0.25) is 0 Å². The normalized spacial score (nSPS) is 12.2. The van der Waals surface area contributed by atoms with Crippen molar-refractivity contribution >= 4 is 35.3 Å². The summed E-state index contributed by atoms with van der Waals surface area (Å²) in [5.41, 5.74) is 2.17. The van der Waals surface area contributed by atoms with E-state index in [-0.39, 0.29) is 36.1 Å². The lowest BCUT2D eigenvalue weighted by Crippen LogP contribution is -2.42. The first-order valence-electron chi connectivity index (χ1n) is 11.7. The molecule has 0 amide bonds. The van der Waals surface area contributed by atoms with Crippen LogP contribution in [0.2, 0.25) is 0 Å². The minimum absolute atomic E-state index is 0.0282. The van der Waals surface area contributed by atoms with Crippen LogP contribution in [0.25, 0.3) is 0 Å². The van der Waals surface area contributed by atoms with Gasteiger partial charge in [0.1, 0.15) is 49.9 Å². The lowest BCUT2D eigenvalue weighted by Gasteiger charge is -2.29. The maximum atomic E-state index is 11.6. The van der Waals surface area contributed by atoms with Crippen LogP contribution in [0.5, 0.6) is 11.5 Å². The van der Waals surface area contributed by atoms with E-state index in [1.165, 1.54) is 23.6 Å². The van der Waals surface area contributed by atoms with Crippen LogP contribution in [-0.4, -0.2) is 82.7 Å². The molecule has 0 aliphatic carbocycles. The molecule has 0 aromatic heterocycles. The molecule has 0 fully saturated rings. The van der Waals surface area contributed by atoms with Crippen molar-refractivity contribution in [3.8, 4) is 11.5 Å². The summed E-state index contributed by atoms with van der Waals surface area (Å²) in [7, 11) is 0. The highest BCUT2D eigenvalue weighted by molar-refractivity contribution is 5.84. The van der Waals surface area contributed by atoms with E-state index in [9.17, 15) is 39.6 Å². The molecule has 2 aromatic carbocycles. The first-order chi connectivity index (χ1) is 17.8. The minimum atomic E-state index is -1.21. The molecule has 0 radical (unpaired) electrons. The smallest absolute Gasteiger partial charge is 0.326 e. The third-order valence-corrected chi connectivity index (χ3v) is 5.71. The summed E-state index contributed by atoms with van der Waals surface area (Å²) in [6.45, 7) is 5.17. The van der Waals surface area contributed by atoms with Crippen molar-refractivity contribution in [3.63, 3.8) is 0 Å². The summed E-state index contributed by atoms with van der Waals surface area (Å²) >= 11 is 0. The third kappa shape index (κ3) is 8.02. The molecule has 2 rings (SSSR count). The summed E-state index contributed by atoms with van der Waals surface area (Å²) in [5.74, 6) is -4.29. The van der Waals surface area contributed by atoms with Crippen LogP contribution >= 0.6 is 0 Å². The SMILES string of the molecule is Cc1ccc(N(CC(=O)O)C(C)C(=O)O)c(OCCOc2cc(C)ccc2N(CC(=O)O)C(C)C(=O)O)c1. The van der Waals surface area contributed by atoms with Crippen LogP contribution in [0.3, 0.4) is 0 Å². The maximum absolute atomic E-state index is 11.6. The van der Waals surface area contributed by atoms with Crippen LogP contribution in [0.1, 0.15) is 25.0 Å². The van der Waals surface area contributed by atoms with Crippen molar-refractivity contribution in [1.29, 1.82) is 0 Å². The van der Waals surface area contributed by atoms with Crippen LogP contribution in [0, 0.1) is 13.8 Å². The van der Waals surface area contributed by atoms with Gasteiger partial charge in [0.25, 0.3) is 0 Å². The highest BCUT2D eigenvalue weighted by Crippen LogP contribution is 2.33. The number of nitrogens with zero attached hydrogens (tertiary/aromatic N) is 2. The second-order valence-electron chi connectivity index (χ2n) is 8.71. The molecular weight excluding hydrogens is 500 g/mol. The van der Waals surface area contributed by atoms with Crippen LogP contribution in [0.15, 0.2) is 36.4 Å². The van der Waals surface area contributed by atoms with Crippen LogP contribution < -0.4 is 19.3 Å². The maximum Gasteiger partial charge on any atom is 0.326 e. The van der Waals surface area contributed by atoms with Gasteiger partial charge in [-0.1, -0.05) is 12.1 Å². The van der Waals surface area contributed by atoms with E-state index in [0.717, 1.165) is 11.1 Å². The van der Waals surface area contributed by atoms with Crippen molar-refractivity contribution < 1.29 is 49.1 Å². The van der Waals surface area contributed by atoms with Gasteiger partial charge >= 0.3 is 23.9 Å². The van der Waals surface area contributed by atoms with E-state index in [1.54, 1.807) is 50.2 Å². The van der Waals surface area contributed by atoms with Gasteiger partial charge in [0, 0.05) is 0 Å². The standard InChI is InChI=1S/C26H32N2O10/c1-15-5-7-19(27(13-23(29)30)17(3)25(33)34)21(11-15)37-9-10-38-22-12-16(2)6-8-20(22)28(14-24(31)32)18(4)26(35)36/h5-8,11-12,17-18H,9-10,13-14H2,1-4H3,(H,29,30)(H,31,32)(H,33,34)(H,35,36). The number of carboxylic acid groups (broad SMARTS) is 4. The lowest BCUT2D eigenvalue weighted by atomic mass is 10.1. The monoisotopic (exact) mass is 532 g/mol. The molecular formula is C26H32N2O10.